The molecule has 5 rings (SSSR count). The molecule has 0 spiro atoms. The van der Waals surface area contributed by atoms with E-state index in [1.54, 1.807) is 30.1 Å². The first-order valence-electron chi connectivity index (χ1n) is 10.8. The third-order valence-electron chi connectivity index (χ3n) is 5.88. The Hall–Kier alpha value is -3.99. The van der Waals surface area contributed by atoms with Crippen LogP contribution in [0.2, 0.25) is 0 Å². The second kappa shape index (κ2) is 8.63. The molecule has 0 saturated heterocycles. The van der Waals surface area contributed by atoms with Crippen molar-refractivity contribution in [3.63, 3.8) is 0 Å². The third kappa shape index (κ3) is 3.85. The van der Waals surface area contributed by atoms with Gasteiger partial charge in [0.2, 0.25) is 5.95 Å². The zero-order chi connectivity index (χ0) is 21.9. The summed E-state index contributed by atoms with van der Waals surface area (Å²) in [5.41, 5.74) is 6.38. The summed E-state index contributed by atoms with van der Waals surface area (Å²) in [6.07, 6.45) is 6.64. The van der Waals surface area contributed by atoms with Gasteiger partial charge in [0, 0.05) is 44.2 Å². The van der Waals surface area contributed by atoms with Gasteiger partial charge in [-0.05, 0) is 40.8 Å². The van der Waals surface area contributed by atoms with Crippen LogP contribution in [-0.2, 0) is 7.05 Å². The highest BCUT2D eigenvalue weighted by molar-refractivity contribution is 5.83. The summed E-state index contributed by atoms with van der Waals surface area (Å²) in [6, 6.07) is 24.3. The van der Waals surface area contributed by atoms with Crippen LogP contribution in [0.25, 0.3) is 28.0 Å². The Morgan fingerprint density at radius 3 is 2.34 bits per heavy atom. The quantitative estimate of drug-likeness (QED) is 0.476. The standard InChI is InChI=1S/C27H24N4O/c1-30-26(32)18-25(21-13-15-28-16-14-21)29-27(30)31-17-7-10-22(19-31)24-12-6-5-11-23(24)20-8-3-2-4-9-20/h2-6,8-16,18H,7,17,19H2,1H3. The molecule has 2 aromatic carbocycles. The zero-order valence-corrected chi connectivity index (χ0v) is 18.0. The third-order valence-corrected chi connectivity index (χ3v) is 5.88. The van der Waals surface area contributed by atoms with E-state index < -0.39 is 0 Å². The minimum atomic E-state index is -0.0670. The normalized spacial score (nSPS) is 13.7. The molecular weight excluding hydrogens is 396 g/mol. The fourth-order valence-electron chi connectivity index (χ4n) is 4.22. The van der Waals surface area contributed by atoms with E-state index in [0.29, 0.717) is 18.2 Å². The first-order chi connectivity index (χ1) is 15.7. The van der Waals surface area contributed by atoms with Gasteiger partial charge in [-0.25, -0.2) is 4.98 Å². The molecular formula is C27H24N4O. The van der Waals surface area contributed by atoms with E-state index in [1.807, 2.05) is 18.2 Å². The largest absolute Gasteiger partial charge is 0.338 e. The molecule has 0 amide bonds. The summed E-state index contributed by atoms with van der Waals surface area (Å²) in [5, 5.41) is 0. The lowest BCUT2D eigenvalue weighted by Crippen LogP contribution is -2.35. The first-order valence-corrected chi connectivity index (χ1v) is 10.8. The molecule has 5 nitrogen and oxygen atoms in total. The van der Waals surface area contributed by atoms with Gasteiger partial charge in [-0.1, -0.05) is 60.7 Å². The van der Waals surface area contributed by atoms with Crippen LogP contribution >= 0.6 is 0 Å². The molecule has 0 bridgehead atoms. The number of hydrogen-bond donors (Lipinski definition) is 0. The van der Waals surface area contributed by atoms with Gasteiger partial charge in [0.25, 0.3) is 5.56 Å². The maximum atomic E-state index is 12.7. The molecule has 0 radical (unpaired) electrons. The van der Waals surface area contributed by atoms with Crippen LogP contribution in [0.3, 0.4) is 0 Å². The van der Waals surface area contributed by atoms with Gasteiger partial charge < -0.3 is 4.90 Å². The molecule has 0 fully saturated rings. The molecule has 1 aliphatic rings. The van der Waals surface area contributed by atoms with E-state index in [0.717, 1.165) is 18.5 Å². The van der Waals surface area contributed by atoms with Gasteiger partial charge in [0.15, 0.2) is 0 Å². The predicted octanol–water partition coefficient (Wildman–Crippen LogP) is 4.80. The van der Waals surface area contributed by atoms with Crippen molar-refractivity contribution >= 4 is 11.5 Å². The Morgan fingerprint density at radius 2 is 1.56 bits per heavy atom. The number of aromatic nitrogens is 3. The lowest BCUT2D eigenvalue weighted by Gasteiger charge is -2.30. The topological polar surface area (TPSA) is 51.0 Å². The molecule has 0 saturated carbocycles. The van der Waals surface area contributed by atoms with Crippen molar-refractivity contribution in [2.45, 2.75) is 6.42 Å². The van der Waals surface area contributed by atoms with E-state index in [1.165, 1.54) is 22.3 Å². The maximum absolute atomic E-state index is 12.7. The van der Waals surface area contributed by atoms with Gasteiger partial charge in [-0.15, -0.1) is 0 Å². The maximum Gasteiger partial charge on any atom is 0.255 e. The van der Waals surface area contributed by atoms with Gasteiger partial charge in [-0.3, -0.25) is 14.3 Å². The minimum absolute atomic E-state index is 0.0670. The van der Waals surface area contributed by atoms with Crippen LogP contribution in [0.4, 0.5) is 5.95 Å². The molecule has 0 aliphatic carbocycles. The molecule has 5 heteroatoms. The summed E-state index contributed by atoms with van der Waals surface area (Å²) < 4.78 is 1.64. The minimum Gasteiger partial charge on any atom is -0.338 e. The molecule has 0 N–H and O–H groups in total. The fourth-order valence-corrected chi connectivity index (χ4v) is 4.22. The number of anilines is 1. The number of benzene rings is 2. The summed E-state index contributed by atoms with van der Waals surface area (Å²) in [6.45, 7) is 1.51. The Kier molecular flexibility index (Phi) is 5.38. The highest BCUT2D eigenvalue weighted by atomic mass is 16.1. The highest BCUT2D eigenvalue weighted by Crippen LogP contribution is 2.32. The Bertz CT molecular complexity index is 1330. The van der Waals surface area contributed by atoms with Crippen molar-refractivity contribution in [1.29, 1.82) is 0 Å². The second-order valence-corrected chi connectivity index (χ2v) is 7.93. The van der Waals surface area contributed by atoms with E-state index in [2.05, 4.69) is 64.5 Å². The Morgan fingerprint density at radius 1 is 0.844 bits per heavy atom. The molecule has 158 valence electrons. The van der Waals surface area contributed by atoms with Gasteiger partial charge in [-0.2, -0.15) is 0 Å². The highest BCUT2D eigenvalue weighted by Gasteiger charge is 2.21. The molecule has 4 aromatic rings. The average Bonchev–Trinajstić information content (AvgIpc) is 2.87. The monoisotopic (exact) mass is 420 g/mol. The predicted molar refractivity (Wildman–Crippen MR) is 129 cm³/mol. The van der Waals surface area contributed by atoms with Crippen molar-refractivity contribution in [2.75, 3.05) is 18.0 Å². The van der Waals surface area contributed by atoms with Crippen molar-refractivity contribution in [1.82, 2.24) is 14.5 Å². The molecule has 2 aromatic heterocycles. The zero-order valence-electron chi connectivity index (χ0n) is 18.0. The molecule has 0 atom stereocenters. The number of hydrogen-bond acceptors (Lipinski definition) is 4. The average molecular weight is 421 g/mol. The van der Waals surface area contributed by atoms with Crippen LogP contribution in [0.5, 0.6) is 0 Å². The smallest absolute Gasteiger partial charge is 0.255 e. The Labute approximate surface area is 187 Å². The Balaban J connectivity index is 1.52. The van der Waals surface area contributed by atoms with Crippen molar-refractivity contribution in [2.24, 2.45) is 7.05 Å². The summed E-state index contributed by atoms with van der Waals surface area (Å²) in [4.78, 5) is 23.9. The fraction of sp³-hybridized carbons (Fsp3) is 0.148. The van der Waals surface area contributed by atoms with Crippen molar-refractivity contribution in [3.8, 4) is 22.4 Å². The SMILES string of the molecule is Cn1c(N2CCC=C(c3ccccc3-c3ccccc3)C2)nc(-c2ccncc2)cc1=O. The van der Waals surface area contributed by atoms with Crippen LogP contribution in [0.15, 0.2) is 96.1 Å². The summed E-state index contributed by atoms with van der Waals surface area (Å²) >= 11 is 0. The van der Waals surface area contributed by atoms with E-state index in [9.17, 15) is 4.79 Å². The van der Waals surface area contributed by atoms with Gasteiger partial charge in [0.05, 0.1) is 5.69 Å². The first kappa shape index (κ1) is 19.9. The molecule has 32 heavy (non-hydrogen) atoms. The second-order valence-electron chi connectivity index (χ2n) is 7.93. The van der Waals surface area contributed by atoms with Gasteiger partial charge in [0.1, 0.15) is 0 Å². The molecule has 3 heterocycles. The van der Waals surface area contributed by atoms with Crippen molar-refractivity contribution < 1.29 is 0 Å². The summed E-state index contributed by atoms with van der Waals surface area (Å²) in [7, 11) is 1.79. The van der Waals surface area contributed by atoms with Crippen LogP contribution in [-0.4, -0.2) is 27.6 Å². The number of rotatable bonds is 4. The van der Waals surface area contributed by atoms with E-state index >= 15 is 0 Å². The van der Waals surface area contributed by atoms with E-state index in [4.69, 9.17) is 4.98 Å². The summed E-state index contributed by atoms with van der Waals surface area (Å²) in [5.74, 6) is 0.687. The van der Waals surface area contributed by atoms with Crippen molar-refractivity contribution in [3.05, 3.63) is 107 Å². The van der Waals surface area contributed by atoms with Crippen LogP contribution < -0.4 is 10.5 Å². The lowest BCUT2D eigenvalue weighted by atomic mass is 9.92. The van der Waals surface area contributed by atoms with Crippen LogP contribution in [0, 0.1) is 0 Å². The van der Waals surface area contributed by atoms with Gasteiger partial charge >= 0.3 is 0 Å². The number of pyridine rings is 1. The molecule has 0 unspecified atom stereocenters. The molecule has 1 aliphatic heterocycles. The van der Waals surface area contributed by atoms with E-state index in [-0.39, 0.29) is 5.56 Å². The van der Waals surface area contributed by atoms with Crippen LogP contribution in [0.1, 0.15) is 12.0 Å². The number of nitrogens with zero attached hydrogens (tertiary/aromatic N) is 4. The lowest BCUT2D eigenvalue weighted by molar-refractivity contribution is 0.727.